The van der Waals surface area contributed by atoms with Gasteiger partial charge in [0.2, 0.25) is 15.9 Å². The molecule has 1 amide bonds. The molecule has 28 heavy (non-hydrogen) atoms. The van der Waals surface area contributed by atoms with Crippen LogP contribution in [0.2, 0.25) is 0 Å². The molecule has 0 saturated heterocycles. The van der Waals surface area contributed by atoms with Gasteiger partial charge in [0.1, 0.15) is 0 Å². The van der Waals surface area contributed by atoms with Crippen LogP contribution >= 0.6 is 12.4 Å². The van der Waals surface area contributed by atoms with Gasteiger partial charge < -0.3 is 16.0 Å². The van der Waals surface area contributed by atoms with E-state index in [0.29, 0.717) is 17.8 Å². The maximum atomic E-state index is 12.4. The lowest BCUT2D eigenvalue weighted by molar-refractivity contribution is -0.116. The summed E-state index contributed by atoms with van der Waals surface area (Å²) in [5, 5.41) is 2.83. The number of carbonyl (C=O) groups excluding carboxylic acids is 1. The summed E-state index contributed by atoms with van der Waals surface area (Å²) in [6.45, 7) is 0. The Kier molecular flexibility index (Phi) is 8.29. The second-order valence-electron chi connectivity index (χ2n) is 6.61. The zero-order chi connectivity index (χ0) is 20.2. The van der Waals surface area contributed by atoms with Crippen LogP contribution in [0.25, 0.3) is 0 Å². The lowest BCUT2D eigenvalue weighted by atomic mass is 10.1. The van der Waals surface area contributed by atoms with E-state index < -0.39 is 10.0 Å². The predicted molar refractivity (Wildman–Crippen MR) is 117 cm³/mol. The van der Waals surface area contributed by atoms with Crippen molar-refractivity contribution in [3.63, 3.8) is 0 Å². The zero-order valence-electron chi connectivity index (χ0n) is 16.5. The molecule has 0 aliphatic heterocycles. The van der Waals surface area contributed by atoms with Gasteiger partial charge in [0.25, 0.3) is 0 Å². The number of aryl methyl sites for hydroxylation is 1. The number of halogens is 1. The molecular formula is C19H27ClN4O3S. The first-order valence-electron chi connectivity index (χ1n) is 8.50. The van der Waals surface area contributed by atoms with Gasteiger partial charge in [-0.3, -0.25) is 4.79 Å². The predicted octanol–water partition coefficient (Wildman–Crippen LogP) is 2.58. The number of rotatable bonds is 7. The molecule has 0 unspecified atom stereocenters. The summed E-state index contributed by atoms with van der Waals surface area (Å²) in [7, 11) is 3.01. The first-order valence-corrected chi connectivity index (χ1v) is 9.94. The Balaban J connectivity index is 0.00000392. The molecule has 2 aromatic rings. The minimum absolute atomic E-state index is 0. The first kappa shape index (κ1) is 23.7. The number of nitrogens with two attached hydrogens (primary N) is 1. The van der Waals surface area contributed by atoms with Gasteiger partial charge in [0.05, 0.1) is 16.3 Å². The maximum absolute atomic E-state index is 12.4. The second kappa shape index (κ2) is 9.77. The third-order valence-corrected chi connectivity index (χ3v) is 5.99. The number of anilines is 3. The van der Waals surface area contributed by atoms with Crippen LogP contribution in [-0.4, -0.2) is 46.8 Å². The number of nitrogen functional groups attached to an aromatic ring is 1. The fourth-order valence-electron chi connectivity index (χ4n) is 2.60. The number of nitrogens with zero attached hydrogens (tertiary/aromatic N) is 2. The molecule has 0 radical (unpaired) electrons. The molecule has 9 heteroatoms. The molecule has 0 aliphatic rings. The molecule has 3 N–H and O–H groups in total. The number of sulfonamides is 1. The molecule has 0 bridgehead atoms. The Morgan fingerprint density at radius 3 is 2.29 bits per heavy atom. The highest BCUT2D eigenvalue weighted by molar-refractivity contribution is 7.89. The van der Waals surface area contributed by atoms with Crippen molar-refractivity contribution in [2.45, 2.75) is 17.7 Å². The van der Waals surface area contributed by atoms with Crippen molar-refractivity contribution in [3.8, 4) is 0 Å². The van der Waals surface area contributed by atoms with Crippen molar-refractivity contribution >= 4 is 45.4 Å². The summed E-state index contributed by atoms with van der Waals surface area (Å²) < 4.78 is 25.9. The Morgan fingerprint density at radius 1 is 1.07 bits per heavy atom. The number of para-hydroxylation sites is 1. The van der Waals surface area contributed by atoms with E-state index in [1.54, 1.807) is 12.1 Å². The third-order valence-electron chi connectivity index (χ3n) is 4.18. The number of amides is 1. The summed E-state index contributed by atoms with van der Waals surface area (Å²) in [5.74, 6) is -0.208. The van der Waals surface area contributed by atoms with Crippen molar-refractivity contribution in [2.24, 2.45) is 0 Å². The van der Waals surface area contributed by atoms with Crippen LogP contribution < -0.4 is 16.0 Å². The van der Waals surface area contributed by atoms with Crippen LogP contribution in [0.4, 0.5) is 17.1 Å². The van der Waals surface area contributed by atoms with Crippen LogP contribution in [0, 0.1) is 0 Å². The summed E-state index contributed by atoms with van der Waals surface area (Å²) >= 11 is 0. The largest absolute Gasteiger partial charge is 0.399 e. The summed E-state index contributed by atoms with van der Waals surface area (Å²) in [5.41, 5.74) is 8.64. The highest BCUT2D eigenvalue weighted by atomic mass is 35.5. The molecular weight excluding hydrogens is 400 g/mol. The van der Waals surface area contributed by atoms with Crippen LogP contribution in [0.1, 0.15) is 12.0 Å². The standard InChI is InChI=1S/C19H26N4O3S.ClH/c1-22(2)18-11-10-15(27(25,26)23(3)4)13-17(18)21-19(24)12-9-14-7-5-6-8-16(14)20;/h5-8,10-11,13H,9,12,20H2,1-4H3,(H,21,24);1H. The minimum Gasteiger partial charge on any atom is -0.399 e. The molecule has 2 aromatic carbocycles. The highest BCUT2D eigenvalue weighted by Gasteiger charge is 2.20. The van der Waals surface area contributed by atoms with Crippen LogP contribution in [0.5, 0.6) is 0 Å². The smallest absolute Gasteiger partial charge is 0.242 e. The number of hydrogen-bond donors (Lipinski definition) is 2. The first-order chi connectivity index (χ1) is 12.6. The van der Waals surface area contributed by atoms with E-state index in [4.69, 9.17) is 5.73 Å². The molecule has 0 aliphatic carbocycles. The van der Waals surface area contributed by atoms with Gasteiger partial charge in [-0.05, 0) is 36.2 Å². The van der Waals surface area contributed by atoms with Crippen LogP contribution in [-0.2, 0) is 21.2 Å². The summed E-state index contributed by atoms with van der Waals surface area (Å²) in [6, 6.07) is 12.1. The quantitative estimate of drug-likeness (QED) is 0.663. The van der Waals surface area contributed by atoms with Crippen LogP contribution in [0.3, 0.4) is 0 Å². The maximum Gasteiger partial charge on any atom is 0.242 e. The van der Waals surface area contributed by atoms with Gasteiger partial charge in [-0.15, -0.1) is 12.4 Å². The lowest BCUT2D eigenvalue weighted by Crippen LogP contribution is -2.23. The Labute approximate surface area is 173 Å². The normalized spacial score (nSPS) is 11.0. The zero-order valence-corrected chi connectivity index (χ0v) is 18.1. The Bertz CT molecular complexity index is 931. The molecule has 154 valence electrons. The SMILES string of the molecule is CN(C)c1ccc(S(=O)(=O)N(C)C)cc1NC(=O)CCc1ccccc1N.Cl. The topological polar surface area (TPSA) is 95.7 Å². The molecule has 0 heterocycles. The molecule has 0 saturated carbocycles. The van der Waals surface area contributed by atoms with Crippen molar-refractivity contribution in [1.29, 1.82) is 0 Å². The number of carbonyl (C=O) groups is 1. The van der Waals surface area contributed by atoms with Gasteiger partial charge in [0.15, 0.2) is 0 Å². The van der Waals surface area contributed by atoms with E-state index in [2.05, 4.69) is 5.32 Å². The average Bonchev–Trinajstić information content (AvgIpc) is 2.60. The van der Waals surface area contributed by atoms with Gasteiger partial charge in [-0.1, -0.05) is 18.2 Å². The van der Waals surface area contributed by atoms with Crippen molar-refractivity contribution in [1.82, 2.24) is 4.31 Å². The molecule has 7 nitrogen and oxygen atoms in total. The van der Waals surface area contributed by atoms with Crippen molar-refractivity contribution < 1.29 is 13.2 Å². The van der Waals surface area contributed by atoms with E-state index in [0.717, 1.165) is 15.6 Å². The average molecular weight is 427 g/mol. The molecule has 0 fully saturated rings. The van der Waals surface area contributed by atoms with Crippen molar-refractivity contribution in [3.05, 3.63) is 48.0 Å². The van der Waals surface area contributed by atoms with E-state index >= 15 is 0 Å². The molecule has 0 aromatic heterocycles. The number of nitrogens with one attached hydrogen (secondary N) is 1. The summed E-state index contributed by atoms with van der Waals surface area (Å²) in [6.07, 6.45) is 0.747. The Hall–Kier alpha value is -2.29. The monoisotopic (exact) mass is 426 g/mol. The molecule has 0 atom stereocenters. The minimum atomic E-state index is -3.59. The fraction of sp³-hybridized carbons (Fsp3) is 0.316. The number of hydrogen-bond acceptors (Lipinski definition) is 5. The fourth-order valence-corrected chi connectivity index (χ4v) is 3.53. The van der Waals surface area contributed by atoms with E-state index in [1.165, 1.54) is 26.2 Å². The second-order valence-corrected chi connectivity index (χ2v) is 8.76. The third kappa shape index (κ3) is 5.60. The van der Waals surface area contributed by atoms with Gasteiger partial charge in [-0.2, -0.15) is 0 Å². The van der Waals surface area contributed by atoms with Crippen molar-refractivity contribution in [2.75, 3.05) is 44.1 Å². The van der Waals surface area contributed by atoms with E-state index in [1.807, 2.05) is 37.2 Å². The molecule has 2 rings (SSSR count). The van der Waals surface area contributed by atoms with E-state index in [-0.39, 0.29) is 29.6 Å². The lowest BCUT2D eigenvalue weighted by Gasteiger charge is -2.20. The van der Waals surface area contributed by atoms with Gasteiger partial charge in [-0.25, -0.2) is 12.7 Å². The molecule has 0 spiro atoms. The number of benzene rings is 2. The Morgan fingerprint density at radius 2 is 1.71 bits per heavy atom. The highest BCUT2D eigenvalue weighted by Crippen LogP contribution is 2.29. The van der Waals surface area contributed by atoms with Gasteiger partial charge in [0, 0.05) is 40.3 Å². The van der Waals surface area contributed by atoms with Gasteiger partial charge >= 0.3 is 0 Å². The summed E-state index contributed by atoms with van der Waals surface area (Å²) in [4.78, 5) is 14.4. The van der Waals surface area contributed by atoms with E-state index in [9.17, 15) is 13.2 Å². The van der Waals surface area contributed by atoms with Crippen LogP contribution in [0.15, 0.2) is 47.4 Å².